The molecule has 0 spiro atoms. The van der Waals surface area contributed by atoms with E-state index in [2.05, 4.69) is 4.98 Å². The minimum absolute atomic E-state index is 0.353. The van der Waals surface area contributed by atoms with Crippen LogP contribution < -0.4 is 20.7 Å². The molecule has 0 bridgehead atoms. The summed E-state index contributed by atoms with van der Waals surface area (Å²) in [7, 11) is 3.27. The van der Waals surface area contributed by atoms with Crippen molar-refractivity contribution in [1.29, 1.82) is 0 Å². The van der Waals surface area contributed by atoms with Crippen LogP contribution in [0.4, 0.5) is 0 Å². The molecule has 1 N–H and O–H groups in total. The largest absolute Gasteiger partial charge is 0.496 e. The maximum atomic E-state index is 12.0. The normalized spacial score (nSPS) is 10.9. The maximum Gasteiger partial charge on any atom is 0.328 e. The molecule has 0 amide bonds. The highest BCUT2D eigenvalue weighted by molar-refractivity contribution is 5.95. The highest BCUT2D eigenvalue weighted by atomic mass is 16.5. The Morgan fingerprint density at radius 2 is 1.76 bits per heavy atom. The van der Waals surface area contributed by atoms with Gasteiger partial charge >= 0.3 is 5.69 Å². The average molecular weight is 340 g/mol. The third kappa shape index (κ3) is 3.03. The minimum Gasteiger partial charge on any atom is -0.496 e. The predicted octanol–water partition coefficient (Wildman–Crippen LogP) is 2.37. The molecule has 6 heteroatoms. The average Bonchev–Trinajstić information content (AvgIpc) is 2.59. The van der Waals surface area contributed by atoms with Crippen LogP contribution in [-0.4, -0.2) is 23.8 Å². The molecule has 1 heterocycles. The first-order chi connectivity index (χ1) is 11.9. The molecule has 0 saturated heterocycles. The van der Waals surface area contributed by atoms with Crippen LogP contribution in [0.15, 0.2) is 40.1 Å². The molecule has 25 heavy (non-hydrogen) atoms. The van der Waals surface area contributed by atoms with Crippen LogP contribution in [0, 0.1) is 13.8 Å². The Labute approximate surface area is 144 Å². The van der Waals surface area contributed by atoms with Crippen molar-refractivity contribution in [1.82, 2.24) is 9.55 Å². The number of hydrogen-bond acceptors (Lipinski definition) is 4. The van der Waals surface area contributed by atoms with Gasteiger partial charge in [-0.05, 0) is 37.1 Å². The number of hydrogen-bond donors (Lipinski definition) is 1. The smallest absolute Gasteiger partial charge is 0.328 e. The Morgan fingerprint density at radius 3 is 2.44 bits per heavy atom. The third-order valence-corrected chi connectivity index (χ3v) is 4.27. The minimum atomic E-state index is -0.426. The van der Waals surface area contributed by atoms with Crippen molar-refractivity contribution in [2.24, 2.45) is 0 Å². The van der Waals surface area contributed by atoms with Crippen molar-refractivity contribution in [2.45, 2.75) is 20.4 Å². The molecule has 130 valence electrons. The predicted molar refractivity (Wildman–Crippen MR) is 97.0 cm³/mol. The Bertz CT molecular complexity index is 1060. The van der Waals surface area contributed by atoms with Crippen LogP contribution in [0.5, 0.6) is 11.5 Å². The van der Waals surface area contributed by atoms with Crippen LogP contribution >= 0.6 is 0 Å². The number of rotatable bonds is 4. The number of methoxy groups -OCH3 is 2. The van der Waals surface area contributed by atoms with E-state index in [9.17, 15) is 9.59 Å². The monoisotopic (exact) mass is 340 g/mol. The Hall–Kier alpha value is -3.02. The molecule has 2 aromatic carbocycles. The molecule has 0 radical (unpaired) electrons. The van der Waals surface area contributed by atoms with E-state index in [1.54, 1.807) is 27.3 Å². The van der Waals surface area contributed by atoms with E-state index >= 15 is 0 Å². The van der Waals surface area contributed by atoms with E-state index in [1.165, 1.54) is 4.57 Å². The fourth-order valence-corrected chi connectivity index (χ4v) is 3.02. The van der Waals surface area contributed by atoms with E-state index < -0.39 is 5.69 Å². The highest BCUT2D eigenvalue weighted by Gasteiger charge is 2.12. The van der Waals surface area contributed by atoms with E-state index in [4.69, 9.17) is 9.47 Å². The number of aryl methyl sites for hydroxylation is 2. The first-order valence-corrected chi connectivity index (χ1v) is 7.89. The number of aromatic nitrogens is 2. The van der Waals surface area contributed by atoms with Crippen LogP contribution in [0.25, 0.3) is 10.8 Å². The quantitative estimate of drug-likeness (QED) is 0.791. The van der Waals surface area contributed by atoms with Gasteiger partial charge in [0.2, 0.25) is 0 Å². The lowest BCUT2D eigenvalue weighted by atomic mass is 10.0. The number of ether oxygens (including phenoxy) is 2. The first-order valence-electron chi connectivity index (χ1n) is 7.89. The highest BCUT2D eigenvalue weighted by Crippen LogP contribution is 2.36. The molecule has 6 nitrogen and oxygen atoms in total. The summed E-state index contributed by atoms with van der Waals surface area (Å²) in [4.78, 5) is 25.8. The zero-order valence-electron chi connectivity index (χ0n) is 14.7. The van der Waals surface area contributed by atoms with Gasteiger partial charge in [-0.2, -0.15) is 0 Å². The number of aromatic amines is 1. The summed E-state index contributed by atoms with van der Waals surface area (Å²) in [6.07, 6.45) is 1.57. The molecule has 1 aromatic heterocycles. The van der Waals surface area contributed by atoms with E-state index in [-0.39, 0.29) is 5.56 Å². The van der Waals surface area contributed by atoms with Crippen LogP contribution in [0.3, 0.4) is 0 Å². The Kier molecular flexibility index (Phi) is 4.35. The lowest BCUT2D eigenvalue weighted by Crippen LogP contribution is -2.31. The molecule has 3 aromatic rings. The van der Waals surface area contributed by atoms with Crippen molar-refractivity contribution < 1.29 is 9.47 Å². The second-order valence-electron chi connectivity index (χ2n) is 6.01. The van der Waals surface area contributed by atoms with E-state index in [1.807, 2.05) is 31.2 Å². The van der Waals surface area contributed by atoms with E-state index in [0.717, 1.165) is 33.4 Å². The topological polar surface area (TPSA) is 73.3 Å². The van der Waals surface area contributed by atoms with Gasteiger partial charge in [-0.1, -0.05) is 12.1 Å². The van der Waals surface area contributed by atoms with Gasteiger partial charge in [0.1, 0.15) is 11.5 Å². The zero-order valence-corrected chi connectivity index (χ0v) is 14.7. The molecule has 0 unspecified atom stereocenters. The summed E-state index contributed by atoms with van der Waals surface area (Å²) < 4.78 is 12.5. The number of nitrogens with zero attached hydrogens (tertiary/aromatic N) is 1. The summed E-state index contributed by atoms with van der Waals surface area (Å²) in [5, 5.41) is 1.87. The lowest BCUT2D eigenvalue weighted by molar-refractivity contribution is 0.408. The Morgan fingerprint density at radius 1 is 1.00 bits per heavy atom. The third-order valence-electron chi connectivity index (χ3n) is 4.27. The number of nitrogens with one attached hydrogen (secondary N) is 1. The molecule has 0 atom stereocenters. The molecular weight excluding hydrogens is 320 g/mol. The van der Waals surface area contributed by atoms with Crippen molar-refractivity contribution in [3.05, 3.63) is 68.0 Å². The van der Waals surface area contributed by atoms with Crippen molar-refractivity contribution in [3.8, 4) is 11.5 Å². The standard InChI is InChI=1S/C19H20N2O4/c1-11-7-16(24-3)14-6-5-13(8-15(14)17(11)25-4)10-21-9-12(2)18(22)20-19(21)23/h5-9H,10H2,1-4H3,(H,20,22,23). The van der Waals surface area contributed by atoms with Gasteiger partial charge in [0.05, 0.1) is 20.8 Å². The van der Waals surface area contributed by atoms with Gasteiger partial charge in [-0.25, -0.2) is 4.79 Å². The molecular formula is C19H20N2O4. The van der Waals surface area contributed by atoms with Crippen molar-refractivity contribution in [2.75, 3.05) is 14.2 Å². The van der Waals surface area contributed by atoms with Gasteiger partial charge < -0.3 is 9.47 Å². The summed E-state index contributed by atoms with van der Waals surface area (Å²) in [6.45, 7) is 3.99. The summed E-state index contributed by atoms with van der Waals surface area (Å²) in [6, 6.07) is 7.81. The van der Waals surface area contributed by atoms with Crippen molar-refractivity contribution >= 4 is 10.8 Å². The van der Waals surface area contributed by atoms with Crippen LogP contribution in [0.2, 0.25) is 0 Å². The lowest BCUT2D eigenvalue weighted by Gasteiger charge is -2.14. The van der Waals surface area contributed by atoms with Crippen molar-refractivity contribution in [3.63, 3.8) is 0 Å². The van der Waals surface area contributed by atoms with Gasteiger partial charge in [-0.15, -0.1) is 0 Å². The van der Waals surface area contributed by atoms with Gasteiger partial charge in [0.25, 0.3) is 5.56 Å². The molecule has 0 aliphatic rings. The molecule has 0 fully saturated rings. The van der Waals surface area contributed by atoms with Gasteiger partial charge in [0, 0.05) is 22.5 Å². The van der Waals surface area contributed by atoms with Gasteiger partial charge in [0.15, 0.2) is 0 Å². The Balaban J connectivity index is 2.14. The molecule has 0 aliphatic carbocycles. The number of H-pyrrole nitrogens is 1. The summed E-state index contributed by atoms with van der Waals surface area (Å²) in [5.41, 5.74) is 1.61. The maximum absolute atomic E-state index is 12.0. The zero-order chi connectivity index (χ0) is 18.1. The number of benzene rings is 2. The van der Waals surface area contributed by atoms with E-state index in [0.29, 0.717) is 12.1 Å². The molecule has 0 saturated carbocycles. The SMILES string of the molecule is COc1cc(C)c(OC)c2cc(Cn3cc(C)c(=O)[nH]c3=O)ccc12. The fourth-order valence-electron chi connectivity index (χ4n) is 3.02. The van der Waals surface area contributed by atoms with Crippen LogP contribution in [0.1, 0.15) is 16.7 Å². The second kappa shape index (κ2) is 6.47. The van der Waals surface area contributed by atoms with Gasteiger partial charge in [-0.3, -0.25) is 14.3 Å². The summed E-state index contributed by atoms with van der Waals surface area (Å²) in [5.74, 6) is 1.56. The molecule has 0 aliphatic heterocycles. The van der Waals surface area contributed by atoms with Crippen LogP contribution in [-0.2, 0) is 6.54 Å². The second-order valence-corrected chi connectivity index (χ2v) is 6.01. The summed E-state index contributed by atoms with van der Waals surface area (Å²) >= 11 is 0. The molecule has 3 rings (SSSR count). The number of fused-ring (bicyclic) bond motifs is 1. The fraction of sp³-hybridized carbons (Fsp3) is 0.263. The first kappa shape index (κ1) is 16.8.